The van der Waals surface area contributed by atoms with Crippen molar-refractivity contribution in [3.05, 3.63) is 68.9 Å². The maximum absolute atomic E-state index is 13.1. The Morgan fingerprint density at radius 2 is 1.95 bits per heavy atom. The third kappa shape index (κ3) is 3.35. The van der Waals surface area contributed by atoms with E-state index in [-0.39, 0.29) is 5.82 Å². The van der Waals surface area contributed by atoms with Gasteiger partial charge in [0.1, 0.15) is 5.82 Å². The average molecular weight is 344 g/mol. The first-order valence-corrected chi connectivity index (χ1v) is 6.98. The minimum atomic E-state index is -1.11. The molecule has 0 aromatic heterocycles. The molecule has 1 nitrogen and oxygen atoms in total. The standard InChI is InChI=1S/C15H13BrClFO/c1-15(19,12-4-2-3-5-14(12)17)9-10-6-7-11(18)8-13(10)16/h2-8,19H,9H2,1H3. The fraction of sp³-hybridized carbons (Fsp3) is 0.200. The van der Waals surface area contributed by atoms with E-state index in [4.69, 9.17) is 11.6 Å². The van der Waals surface area contributed by atoms with Gasteiger partial charge in [0.05, 0.1) is 5.60 Å². The van der Waals surface area contributed by atoms with E-state index in [0.717, 1.165) is 5.56 Å². The fourth-order valence-corrected chi connectivity index (χ4v) is 2.86. The van der Waals surface area contributed by atoms with Crippen molar-refractivity contribution in [2.75, 3.05) is 0 Å². The zero-order valence-electron chi connectivity index (χ0n) is 10.3. The molecule has 0 aliphatic heterocycles. The van der Waals surface area contributed by atoms with E-state index in [1.165, 1.54) is 12.1 Å². The Morgan fingerprint density at radius 3 is 2.58 bits per heavy atom. The Balaban J connectivity index is 2.33. The van der Waals surface area contributed by atoms with E-state index in [2.05, 4.69) is 15.9 Å². The first kappa shape index (κ1) is 14.5. The molecule has 2 rings (SSSR count). The van der Waals surface area contributed by atoms with Gasteiger partial charge < -0.3 is 5.11 Å². The average Bonchev–Trinajstić information content (AvgIpc) is 2.33. The summed E-state index contributed by atoms with van der Waals surface area (Å²) in [4.78, 5) is 0. The molecule has 0 saturated carbocycles. The lowest BCUT2D eigenvalue weighted by atomic mass is 9.89. The Hall–Kier alpha value is -0.900. The van der Waals surface area contributed by atoms with Gasteiger partial charge in [-0.05, 0) is 30.7 Å². The highest BCUT2D eigenvalue weighted by atomic mass is 79.9. The maximum Gasteiger partial charge on any atom is 0.124 e. The lowest BCUT2D eigenvalue weighted by Gasteiger charge is -2.25. The summed E-state index contributed by atoms with van der Waals surface area (Å²) < 4.78 is 13.7. The molecule has 2 aromatic carbocycles. The van der Waals surface area contributed by atoms with Crippen molar-refractivity contribution in [3.63, 3.8) is 0 Å². The van der Waals surface area contributed by atoms with Crippen LogP contribution in [0, 0.1) is 5.82 Å². The van der Waals surface area contributed by atoms with Crippen LogP contribution in [0.15, 0.2) is 46.9 Å². The second-order valence-electron chi connectivity index (χ2n) is 4.67. The molecule has 0 aliphatic carbocycles. The van der Waals surface area contributed by atoms with Crippen LogP contribution in [0.1, 0.15) is 18.1 Å². The van der Waals surface area contributed by atoms with Crippen molar-refractivity contribution in [1.82, 2.24) is 0 Å². The summed E-state index contributed by atoms with van der Waals surface area (Å²) in [5.74, 6) is -0.312. The van der Waals surface area contributed by atoms with Crippen molar-refractivity contribution in [3.8, 4) is 0 Å². The highest BCUT2D eigenvalue weighted by molar-refractivity contribution is 9.10. The Bertz CT molecular complexity index is 598. The zero-order chi connectivity index (χ0) is 14.0. The monoisotopic (exact) mass is 342 g/mol. The molecule has 0 aliphatic rings. The quantitative estimate of drug-likeness (QED) is 0.857. The third-order valence-corrected chi connectivity index (χ3v) is 4.07. The summed E-state index contributed by atoms with van der Waals surface area (Å²) in [6, 6.07) is 11.6. The van der Waals surface area contributed by atoms with Crippen molar-refractivity contribution in [2.24, 2.45) is 0 Å². The van der Waals surface area contributed by atoms with Gasteiger partial charge >= 0.3 is 0 Å². The number of hydrogen-bond acceptors (Lipinski definition) is 1. The van der Waals surface area contributed by atoms with E-state index < -0.39 is 5.60 Å². The third-order valence-electron chi connectivity index (χ3n) is 3.00. The molecular weight excluding hydrogens is 331 g/mol. The molecule has 0 bridgehead atoms. The zero-order valence-corrected chi connectivity index (χ0v) is 12.7. The van der Waals surface area contributed by atoms with Crippen LogP contribution in [-0.4, -0.2) is 5.11 Å². The SMILES string of the molecule is CC(O)(Cc1ccc(F)cc1Br)c1ccccc1Cl. The molecular formula is C15H13BrClFO. The van der Waals surface area contributed by atoms with E-state index in [1.54, 1.807) is 25.1 Å². The molecule has 19 heavy (non-hydrogen) atoms. The van der Waals surface area contributed by atoms with Crippen LogP contribution >= 0.6 is 27.5 Å². The van der Waals surface area contributed by atoms with Crippen LogP contribution in [0.4, 0.5) is 4.39 Å². The molecule has 0 amide bonds. The van der Waals surface area contributed by atoms with Gasteiger partial charge in [-0.25, -0.2) is 4.39 Å². The molecule has 4 heteroatoms. The van der Waals surface area contributed by atoms with Gasteiger partial charge in [-0.2, -0.15) is 0 Å². The Kier molecular flexibility index (Phi) is 4.29. The topological polar surface area (TPSA) is 20.2 Å². The highest BCUT2D eigenvalue weighted by Crippen LogP contribution is 2.32. The van der Waals surface area contributed by atoms with E-state index >= 15 is 0 Å². The van der Waals surface area contributed by atoms with Crippen LogP contribution in [0.2, 0.25) is 5.02 Å². The van der Waals surface area contributed by atoms with E-state index in [9.17, 15) is 9.50 Å². The predicted molar refractivity (Wildman–Crippen MR) is 78.8 cm³/mol. The molecule has 1 atom stereocenters. The van der Waals surface area contributed by atoms with Gasteiger partial charge in [0.25, 0.3) is 0 Å². The van der Waals surface area contributed by atoms with Crippen molar-refractivity contribution >= 4 is 27.5 Å². The van der Waals surface area contributed by atoms with Gasteiger partial charge in [-0.1, -0.05) is 51.8 Å². The minimum absolute atomic E-state index is 0.312. The lowest BCUT2D eigenvalue weighted by Crippen LogP contribution is -2.25. The van der Waals surface area contributed by atoms with Gasteiger partial charge in [-0.3, -0.25) is 0 Å². The molecule has 1 unspecified atom stereocenters. The molecule has 0 heterocycles. The van der Waals surface area contributed by atoms with Crippen LogP contribution in [0.5, 0.6) is 0 Å². The number of halogens is 3. The summed E-state index contributed by atoms with van der Waals surface area (Å²) in [6.45, 7) is 1.70. The lowest BCUT2D eigenvalue weighted by molar-refractivity contribution is 0.0575. The largest absolute Gasteiger partial charge is 0.385 e. The van der Waals surface area contributed by atoms with Crippen LogP contribution in [0.25, 0.3) is 0 Å². The molecule has 0 fully saturated rings. The molecule has 0 radical (unpaired) electrons. The van der Waals surface area contributed by atoms with E-state index in [1.807, 2.05) is 12.1 Å². The number of hydrogen-bond donors (Lipinski definition) is 1. The van der Waals surface area contributed by atoms with Crippen LogP contribution in [0.3, 0.4) is 0 Å². The smallest absolute Gasteiger partial charge is 0.124 e. The van der Waals surface area contributed by atoms with Crippen LogP contribution < -0.4 is 0 Å². The van der Waals surface area contributed by atoms with Crippen molar-refractivity contribution < 1.29 is 9.50 Å². The highest BCUT2D eigenvalue weighted by Gasteiger charge is 2.26. The summed E-state index contributed by atoms with van der Waals surface area (Å²) >= 11 is 9.42. The summed E-state index contributed by atoms with van der Waals surface area (Å²) in [5, 5.41) is 11.1. The summed E-state index contributed by atoms with van der Waals surface area (Å²) in [6.07, 6.45) is 0.345. The Labute approximate surface area is 125 Å². The summed E-state index contributed by atoms with van der Waals surface area (Å²) in [5.41, 5.74) is 0.373. The summed E-state index contributed by atoms with van der Waals surface area (Å²) in [7, 11) is 0. The number of aliphatic hydroxyl groups is 1. The number of rotatable bonds is 3. The second-order valence-corrected chi connectivity index (χ2v) is 5.93. The predicted octanol–water partition coefficient (Wildman–Crippen LogP) is 4.69. The molecule has 0 saturated heterocycles. The minimum Gasteiger partial charge on any atom is -0.385 e. The van der Waals surface area contributed by atoms with Gasteiger partial charge in [0.2, 0.25) is 0 Å². The molecule has 2 aromatic rings. The molecule has 1 N–H and O–H groups in total. The van der Waals surface area contributed by atoms with Crippen LogP contribution in [-0.2, 0) is 12.0 Å². The van der Waals surface area contributed by atoms with Gasteiger partial charge in [-0.15, -0.1) is 0 Å². The fourth-order valence-electron chi connectivity index (χ4n) is 2.03. The number of benzene rings is 2. The van der Waals surface area contributed by atoms with E-state index in [0.29, 0.717) is 21.5 Å². The van der Waals surface area contributed by atoms with Crippen molar-refractivity contribution in [1.29, 1.82) is 0 Å². The first-order chi connectivity index (χ1) is 8.90. The molecule has 100 valence electrons. The normalized spacial score (nSPS) is 14.2. The van der Waals surface area contributed by atoms with Gasteiger partial charge in [0, 0.05) is 21.5 Å². The maximum atomic E-state index is 13.1. The molecule has 0 spiro atoms. The second kappa shape index (κ2) is 5.61. The van der Waals surface area contributed by atoms with Gasteiger partial charge in [0.15, 0.2) is 0 Å². The first-order valence-electron chi connectivity index (χ1n) is 5.81. The van der Waals surface area contributed by atoms with Crippen molar-refractivity contribution in [2.45, 2.75) is 18.9 Å². The Morgan fingerprint density at radius 1 is 1.26 bits per heavy atom.